The first-order valence-corrected chi connectivity index (χ1v) is 8.18. The number of hydrogen-bond acceptors (Lipinski definition) is 5. The Kier molecular flexibility index (Phi) is 10.1. The van der Waals surface area contributed by atoms with Crippen molar-refractivity contribution in [3.63, 3.8) is 0 Å². The van der Waals surface area contributed by atoms with Gasteiger partial charge in [0.25, 0.3) is 0 Å². The molecule has 1 aromatic rings. The smallest absolute Gasteiger partial charge is 0.131 e. The third kappa shape index (κ3) is 6.29. The second kappa shape index (κ2) is 11.8. The summed E-state index contributed by atoms with van der Waals surface area (Å²) in [6, 6.07) is 4.14. The molecule has 0 amide bonds. The van der Waals surface area contributed by atoms with Gasteiger partial charge in [0.2, 0.25) is 0 Å². The standard InChI is InChI=1S/C20H30O5/c1-15-13-16(18(23-4)9-7-11-21-2)20(25-6)17(14-15)19(24-5)10-8-12-22-3/h7-10,13-14,18-19H,11-12H2,1-6H3/b9-7+,10-8+/t18-,19-/m0/s1. The van der Waals surface area contributed by atoms with Crippen LogP contribution >= 0.6 is 0 Å². The molecule has 2 atom stereocenters. The molecule has 0 N–H and O–H groups in total. The summed E-state index contributed by atoms with van der Waals surface area (Å²) < 4.78 is 27.2. The molecule has 0 aliphatic rings. The van der Waals surface area contributed by atoms with E-state index < -0.39 is 0 Å². The summed E-state index contributed by atoms with van der Waals surface area (Å²) >= 11 is 0. The summed E-state index contributed by atoms with van der Waals surface area (Å²) in [5.41, 5.74) is 3.01. The van der Waals surface area contributed by atoms with Crippen LogP contribution in [-0.4, -0.2) is 48.8 Å². The number of ether oxygens (including phenoxy) is 5. The zero-order valence-electron chi connectivity index (χ0n) is 16.1. The van der Waals surface area contributed by atoms with E-state index >= 15 is 0 Å². The van der Waals surface area contributed by atoms with E-state index in [-0.39, 0.29) is 12.2 Å². The van der Waals surface area contributed by atoms with Crippen molar-refractivity contribution in [3.05, 3.63) is 53.1 Å². The molecule has 0 radical (unpaired) electrons. The first-order chi connectivity index (χ1) is 12.1. The maximum Gasteiger partial charge on any atom is 0.131 e. The van der Waals surface area contributed by atoms with Crippen LogP contribution in [0.2, 0.25) is 0 Å². The summed E-state index contributed by atoms with van der Waals surface area (Å²) in [6.07, 6.45) is 7.33. The van der Waals surface area contributed by atoms with E-state index in [1.54, 1.807) is 35.5 Å². The van der Waals surface area contributed by atoms with Crippen molar-refractivity contribution in [2.24, 2.45) is 0 Å². The van der Waals surface area contributed by atoms with Gasteiger partial charge < -0.3 is 23.7 Å². The Balaban J connectivity index is 3.33. The summed E-state index contributed by atoms with van der Waals surface area (Å²) in [6.45, 7) is 3.10. The minimum atomic E-state index is -0.232. The van der Waals surface area contributed by atoms with E-state index in [1.807, 2.05) is 31.2 Å². The maximum absolute atomic E-state index is 5.72. The highest BCUT2D eigenvalue weighted by Crippen LogP contribution is 2.37. The average Bonchev–Trinajstić information content (AvgIpc) is 2.62. The normalized spacial score (nSPS) is 14.3. The second-order valence-corrected chi connectivity index (χ2v) is 5.56. The van der Waals surface area contributed by atoms with E-state index in [9.17, 15) is 0 Å². The van der Waals surface area contributed by atoms with Crippen LogP contribution in [0.4, 0.5) is 0 Å². The molecule has 0 fully saturated rings. The summed E-state index contributed by atoms with van der Waals surface area (Å²) in [5, 5.41) is 0. The van der Waals surface area contributed by atoms with E-state index in [1.165, 1.54) is 0 Å². The van der Waals surface area contributed by atoms with Crippen LogP contribution in [0.5, 0.6) is 5.75 Å². The van der Waals surface area contributed by atoms with Crippen molar-refractivity contribution in [3.8, 4) is 5.75 Å². The molecule has 0 unspecified atom stereocenters. The highest BCUT2D eigenvalue weighted by atomic mass is 16.5. The maximum atomic E-state index is 5.72. The van der Waals surface area contributed by atoms with Crippen LogP contribution in [0.15, 0.2) is 36.4 Å². The summed E-state index contributed by atoms with van der Waals surface area (Å²) in [7, 11) is 8.33. The summed E-state index contributed by atoms with van der Waals surface area (Å²) in [5.74, 6) is 0.758. The Morgan fingerprint density at radius 2 is 1.24 bits per heavy atom. The quantitative estimate of drug-likeness (QED) is 0.568. The van der Waals surface area contributed by atoms with Gasteiger partial charge in [0.1, 0.15) is 18.0 Å². The van der Waals surface area contributed by atoms with Gasteiger partial charge in [0.05, 0.1) is 20.3 Å². The van der Waals surface area contributed by atoms with Crippen LogP contribution in [-0.2, 0) is 18.9 Å². The lowest BCUT2D eigenvalue weighted by molar-refractivity contribution is 0.131. The van der Waals surface area contributed by atoms with Crippen molar-refractivity contribution in [2.45, 2.75) is 19.1 Å². The minimum Gasteiger partial charge on any atom is -0.496 e. The van der Waals surface area contributed by atoms with Gasteiger partial charge >= 0.3 is 0 Å². The molecule has 0 bridgehead atoms. The van der Waals surface area contributed by atoms with Crippen LogP contribution in [0.1, 0.15) is 28.9 Å². The third-order valence-corrected chi connectivity index (χ3v) is 3.76. The average molecular weight is 350 g/mol. The molecule has 0 aromatic heterocycles. The van der Waals surface area contributed by atoms with Gasteiger partial charge in [-0.25, -0.2) is 0 Å². The highest BCUT2D eigenvalue weighted by molar-refractivity contribution is 5.49. The Morgan fingerprint density at radius 3 is 1.56 bits per heavy atom. The molecule has 0 aliphatic carbocycles. The van der Waals surface area contributed by atoms with Gasteiger partial charge in [0, 0.05) is 39.6 Å². The van der Waals surface area contributed by atoms with Crippen LogP contribution < -0.4 is 4.74 Å². The van der Waals surface area contributed by atoms with E-state index in [0.29, 0.717) is 13.2 Å². The Bertz CT molecular complexity index is 520. The fourth-order valence-electron chi connectivity index (χ4n) is 2.66. The zero-order chi connectivity index (χ0) is 18.7. The van der Waals surface area contributed by atoms with Crippen LogP contribution in [0, 0.1) is 6.92 Å². The van der Waals surface area contributed by atoms with Crippen LogP contribution in [0.25, 0.3) is 0 Å². The fraction of sp³-hybridized carbons (Fsp3) is 0.500. The zero-order valence-corrected chi connectivity index (χ0v) is 16.1. The number of hydrogen-bond donors (Lipinski definition) is 0. The van der Waals surface area contributed by atoms with E-state index in [2.05, 4.69) is 12.1 Å². The number of methoxy groups -OCH3 is 5. The van der Waals surface area contributed by atoms with Gasteiger partial charge in [-0.15, -0.1) is 0 Å². The Hall–Kier alpha value is -1.66. The van der Waals surface area contributed by atoms with Gasteiger partial charge in [0.15, 0.2) is 0 Å². The molecule has 5 nitrogen and oxygen atoms in total. The molecule has 25 heavy (non-hydrogen) atoms. The Labute approximate surface area is 151 Å². The fourth-order valence-corrected chi connectivity index (χ4v) is 2.66. The molecule has 0 spiro atoms. The lowest BCUT2D eigenvalue weighted by atomic mass is 9.96. The first kappa shape index (κ1) is 21.4. The molecule has 0 heterocycles. The Morgan fingerprint density at radius 1 is 0.800 bits per heavy atom. The van der Waals surface area contributed by atoms with Crippen molar-refractivity contribution in [1.29, 1.82) is 0 Å². The van der Waals surface area contributed by atoms with E-state index in [0.717, 1.165) is 22.4 Å². The monoisotopic (exact) mass is 350 g/mol. The molecule has 0 saturated heterocycles. The van der Waals surface area contributed by atoms with Crippen LogP contribution in [0.3, 0.4) is 0 Å². The molecular weight excluding hydrogens is 320 g/mol. The molecule has 5 heteroatoms. The SMILES string of the molecule is COC/C=C/[C@H](OC)c1cc(C)cc([C@H](/C=C/COC)OC)c1OC. The van der Waals surface area contributed by atoms with Gasteiger partial charge in [-0.3, -0.25) is 0 Å². The molecule has 140 valence electrons. The topological polar surface area (TPSA) is 46.2 Å². The lowest BCUT2D eigenvalue weighted by Gasteiger charge is -2.22. The van der Waals surface area contributed by atoms with Crippen molar-refractivity contribution >= 4 is 0 Å². The highest BCUT2D eigenvalue weighted by Gasteiger charge is 2.21. The molecule has 0 saturated carbocycles. The van der Waals surface area contributed by atoms with Crippen molar-refractivity contribution < 1.29 is 23.7 Å². The third-order valence-electron chi connectivity index (χ3n) is 3.76. The number of benzene rings is 1. The van der Waals surface area contributed by atoms with Crippen molar-refractivity contribution in [2.75, 3.05) is 48.8 Å². The predicted molar refractivity (Wildman–Crippen MR) is 99.3 cm³/mol. The second-order valence-electron chi connectivity index (χ2n) is 5.56. The van der Waals surface area contributed by atoms with Crippen molar-refractivity contribution in [1.82, 2.24) is 0 Å². The summed E-state index contributed by atoms with van der Waals surface area (Å²) in [4.78, 5) is 0. The number of aryl methyl sites for hydroxylation is 1. The van der Waals surface area contributed by atoms with Gasteiger partial charge in [-0.2, -0.15) is 0 Å². The molecule has 0 aliphatic heterocycles. The minimum absolute atomic E-state index is 0.232. The molecule has 1 aromatic carbocycles. The van der Waals surface area contributed by atoms with Gasteiger partial charge in [-0.05, 0) is 19.1 Å². The predicted octanol–water partition coefficient (Wildman–Crippen LogP) is 3.78. The largest absolute Gasteiger partial charge is 0.496 e. The number of rotatable bonds is 11. The first-order valence-electron chi connectivity index (χ1n) is 8.18. The van der Waals surface area contributed by atoms with Gasteiger partial charge in [-0.1, -0.05) is 29.9 Å². The molecule has 1 rings (SSSR count). The van der Waals surface area contributed by atoms with E-state index in [4.69, 9.17) is 23.7 Å². The molecular formula is C20H30O5. The lowest BCUT2D eigenvalue weighted by Crippen LogP contribution is -2.08.